The van der Waals surface area contributed by atoms with Gasteiger partial charge in [0.15, 0.2) is 0 Å². The Morgan fingerprint density at radius 2 is 1.64 bits per heavy atom. The van der Waals surface area contributed by atoms with E-state index in [9.17, 15) is 18.0 Å². The minimum absolute atomic E-state index is 0.0576. The van der Waals surface area contributed by atoms with E-state index in [-0.39, 0.29) is 11.3 Å². The number of nitrogens with zero attached hydrogens (tertiary/aromatic N) is 4. The van der Waals surface area contributed by atoms with Crippen LogP contribution in [-0.4, -0.2) is 46.7 Å². The summed E-state index contributed by atoms with van der Waals surface area (Å²) in [5.74, 6) is -1.23. The second-order valence-electron chi connectivity index (χ2n) is 5.63. The minimum atomic E-state index is -3.56. The molecule has 0 bridgehead atoms. The Kier molecular flexibility index (Phi) is 5.31. The predicted molar refractivity (Wildman–Crippen MR) is 99.0 cm³/mol. The number of aromatic nitrogens is 4. The van der Waals surface area contributed by atoms with Crippen LogP contribution in [0.1, 0.15) is 20.7 Å². The van der Waals surface area contributed by atoms with E-state index in [4.69, 9.17) is 0 Å². The Morgan fingerprint density at radius 1 is 0.964 bits per heavy atom. The summed E-state index contributed by atoms with van der Waals surface area (Å²) in [6.45, 7) is 0. The SMILES string of the molecule is CS(=O)(=O)Nc1ccccc1C(=O)NNC(=O)c1ccc(-n2cnnn2)cc1. The number of carbonyl (C=O) groups is 2. The number of para-hydroxylation sites is 1. The molecule has 0 unspecified atom stereocenters. The maximum atomic E-state index is 12.3. The average molecular weight is 401 g/mol. The van der Waals surface area contributed by atoms with Gasteiger partial charge in [0.05, 0.1) is 23.2 Å². The first kappa shape index (κ1) is 19.0. The second kappa shape index (κ2) is 7.84. The van der Waals surface area contributed by atoms with Crippen molar-refractivity contribution in [3.63, 3.8) is 0 Å². The molecule has 0 aliphatic carbocycles. The van der Waals surface area contributed by atoms with Gasteiger partial charge in [-0.1, -0.05) is 12.1 Å². The lowest BCUT2D eigenvalue weighted by atomic mass is 10.2. The van der Waals surface area contributed by atoms with Crippen LogP contribution in [-0.2, 0) is 10.0 Å². The molecule has 1 heterocycles. The molecule has 0 aliphatic rings. The first-order valence-electron chi connectivity index (χ1n) is 7.84. The number of hydrogen-bond donors (Lipinski definition) is 3. The minimum Gasteiger partial charge on any atom is -0.283 e. The van der Waals surface area contributed by atoms with Crippen LogP contribution in [0.2, 0.25) is 0 Å². The molecule has 2 amide bonds. The van der Waals surface area contributed by atoms with Crippen molar-refractivity contribution in [2.45, 2.75) is 0 Å². The number of hydrazine groups is 1. The first-order valence-corrected chi connectivity index (χ1v) is 9.73. The normalized spacial score (nSPS) is 10.9. The summed E-state index contributed by atoms with van der Waals surface area (Å²) in [6, 6.07) is 12.4. The van der Waals surface area contributed by atoms with Crippen molar-refractivity contribution < 1.29 is 18.0 Å². The Bertz CT molecular complexity index is 1100. The zero-order valence-corrected chi connectivity index (χ0v) is 15.3. The zero-order chi connectivity index (χ0) is 20.1. The monoisotopic (exact) mass is 401 g/mol. The van der Waals surface area contributed by atoms with E-state index in [1.54, 1.807) is 24.3 Å². The van der Waals surface area contributed by atoms with Crippen molar-refractivity contribution in [2.24, 2.45) is 0 Å². The van der Waals surface area contributed by atoms with Crippen LogP contribution in [0.15, 0.2) is 54.9 Å². The van der Waals surface area contributed by atoms with Gasteiger partial charge in [-0.15, -0.1) is 5.10 Å². The van der Waals surface area contributed by atoms with Crippen LogP contribution in [0.5, 0.6) is 0 Å². The summed E-state index contributed by atoms with van der Waals surface area (Å²) >= 11 is 0. The Hall–Kier alpha value is -3.80. The molecule has 1 aromatic heterocycles. The van der Waals surface area contributed by atoms with Gasteiger partial charge in [0.25, 0.3) is 11.8 Å². The number of tetrazole rings is 1. The topological polar surface area (TPSA) is 148 Å². The molecule has 3 rings (SSSR count). The molecule has 0 fully saturated rings. The van der Waals surface area contributed by atoms with Crippen LogP contribution in [0.3, 0.4) is 0 Å². The number of sulfonamides is 1. The largest absolute Gasteiger partial charge is 0.283 e. The molecule has 0 saturated heterocycles. The lowest BCUT2D eigenvalue weighted by molar-refractivity contribution is 0.0847. The summed E-state index contributed by atoms with van der Waals surface area (Å²) < 4.78 is 26.5. The predicted octanol–water partition coefficient (Wildman–Crippen LogP) is 0.109. The summed E-state index contributed by atoms with van der Waals surface area (Å²) in [5, 5.41) is 10.8. The van der Waals surface area contributed by atoms with Crippen molar-refractivity contribution in [3.05, 3.63) is 66.0 Å². The summed E-state index contributed by atoms with van der Waals surface area (Å²) in [7, 11) is -3.56. The van der Waals surface area contributed by atoms with Gasteiger partial charge in [-0.3, -0.25) is 25.2 Å². The lowest BCUT2D eigenvalue weighted by Gasteiger charge is -2.12. The number of amides is 2. The van der Waals surface area contributed by atoms with Gasteiger partial charge in [-0.05, 0) is 46.8 Å². The molecule has 2 aromatic carbocycles. The van der Waals surface area contributed by atoms with Gasteiger partial charge in [0.2, 0.25) is 10.0 Å². The fourth-order valence-corrected chi connectivity index (χ4v) is 2.85. The highest BCUT2D eigenvalue weighted by Crippen LogP contribution is 2.16. The number of benzene rings is 2. The Morgan fingerprint density at radius 3 is 2.29 bits per heavy atom. The van der Waals surface area contributed by atoms with E-state index in [2.05, 4.69) is 31.1 Å². The summed E-state index contributed by atoms with van der Waals surface area (Å²) in [6.07, 6.45) is 2.39. The van der Waals surface area contributed by atoms with Crippen molar-refractivity contribution in [2.75, 3.05) is 11.0 Å². The molecule has 3 N–H and O–H groups in total. The Labute approximate surface area is 159 Å². The van der Waals surface area contributed by atoms with Crippen LogP contribution in [0.4, 0.5) is 5.69 Å². The Balaban J connectivity index is 1.66. The molecule has 144 valence electrons. The van der Waals surface area contributed by atoms with Gasteiger partial charge in [0.1, 0.15) is 6.33 Å². The van der Waals surface area contributed by atoms with E-state index in [0.29, 0.717) is 11.3 Å². The number of rotatable bonds is 5. The van der Waals surface area contributed by atoms with Crippen molar-refractivity contribution in [1.29, 1.82) is 0 Å². The van der Waals surface area contributed by atoms with E-state index in [1.165, 1.54) is 35.3 Å². The molecular formula is C16H15N7O4S. The van der Waals surface area contributed by atoms with Crippen LogP contribution < -0.4 is 15.6 Å². The summed E-state index contributed by atoms with van der Waals surface area (Å²) in [4.78, 5) is 24.5. The second-order valence-corrected chi connectivity index (χ2v) is 7.38. The fourth-order valence-electron chi connectivity index (χ4n) is 2.27. The van der Waals surface area contributed by atoms with Gasteiger partial charge in [-0.2, -0.15) is 0 Å². The van der Waals surface area contributed by atoms with Crippen molar-refractivity contribution in [3.8, 4) is 5.69 Å². The molecule has 3 aromatic rings. The number of nitrogens with one attached hydrogen (secondary N) is 3. The molecule has 0 atom stereocenters. The van der Waals surface area contributed by atoms with E-state index in [1.807, 2.05) is 0 Å². The van der Waals surface area contributed by atoms with Gasteiger partial charge in [0, 0.05) is 5.56 Å². The van der Waals surface area contributed by atoms with Gasteiger partial charge < -0.3 is 0 Å². The van der Waals surface area contributed by atoms with E-state index < -0.39 is 21.8 Å². The molecule has 28 heavy (non-hydrogen) atoms. The molecule has 0 saturated carbocycles. The smallest absolute Gasteiger partial charge is 0.271 e. The number of anilines is 1. The van der Waals surface area contributed by atoms with E-state index >= 15 is 0 Å². The fraction of sp³-hybridized carbons (Fsp3) is 0.0625. The summed E-state index contributed by atoms with van der Waals surface area (Å²) in [5.41, 5.74) is 5.64. The highest BCUT2D eigenvalue weighted by Gasteiger charge is 2.15. The van der Waals surface area contributed by atoms with Gasteiger partial charge in [-0.25, -0.2) is 13.1 Å². The quantitative estimate of drug-likeness (QED) is 0.514. The van der Waals surface area contributed by atoms with Crippen molar-refractivity contribution in [1.82, 2.24) is 31.1 Å². The maximum Gasteiger partial charge on any atom is 0.271 e. The highest BCUT2D eigenvalue weighted by molar-refractivity contribution is 7.92. The van der Waals surface area contributed by atoms with Crippen LogP contribution in [0, 0.1) is 0 Å². The van der Waals surface area contributed by atoms with Crippen molar-refractivity contribution >= 4 is 27.5 Å². The van der Waals surface area contributed by atoms with Crippen LogP contribution >= 0.6 is 0 Å². The molecular weight excluding hydrogens is 386 g/mol. The highest BCUT2D eigenvalue weighted by atomic mass is 32.2. The zero-order valence-electron chi connectivity index (χ0n) is 14.5. The first-order chi connectivity index (χ1) is 13.3. The number of carbonyl (C=O) groups excluding carboxylic acids is 2. The average Bonchev–Trinajstić information content (AvgIpc) is 3.20. The van der Waals surface area contributed by atoms with E-state index in [0.717, 1.165) is 6.26 Å². The standard InChI is InChI=1S/C16H15N7O4S/c1-28(26,27)20-14-5-3-2-4-13(14)16(25)19-18-15(24)11-6-8-12(9-7-11)23-10-17-21-22-23/h2-10,20H,1H3,(H,18,24)(H,19,25). The number of hydrogen-bond acceptors (Lipinski definition) is 7. The van der Waals surface area contributed by atoms with Crippen LogP contribution in [0.25, 0.3) is 5.69 Å². The molecule has 0 aliphatic heterocycles. The maximum absolute atomic E-state index is 12.3. The molecule has 12 heteroatoms. The third-order valence-electron chi connectivity index (χ3n) is 3.50. The third-order valence-corrected chi connectivity index (χ3v) is 4.09. The molecule has 0 radical (unpaired) electrons. The van der Waals surface area contributed by atoms with Gasteiger partial charge >= 0.3 is 0 Å². The third kappa shape index (κ3) is 4.67. The molecule has 0 spiro atoms. The lowest BCUT2D eigenvalue weighted by Crippen LogP contribution is -2.41. The molecule has 11 nitrogen and oxygen atoms in total.